The molecule has 8 heteroatoms. The lowest BCUT2D eigenvalue weighted by Gasteiger charge is -2.17. The highest BCUT2D eigenvalue weighted by Gasteiger charge is 2.34. The SMILES string of the molecule is O=C(NC[C@@H]1CCCO1)c1nn([C@@H]2CCS(=O)(=O)C2)c2c1CCCC2. The summed E-state index contributed by atoms with van der Waals surface area (Å²) in [6.07, 6.45) is 6.54. The largest absolute Gasteiger partial charge is 0.376 e. The van der Waals surface area contributed by atoms with Crippen LogP contribution in [0.1, 0.15) is 59.9 Å². The minimum absolute atomic E-state index is 0.0989. The van der Waals surface area contributed by atoms with Crippen LogP contribution in [0.25, 0.3) is 0 Å². The number of fused-ring (bicyclic) bond motifs is 1. The second-order valence-corrected chi connectivity index (χ2v) is 9.56. The zero-order valence-corrected chi connectivity index (χ0v) is 15.2. The van der Waals surface area contributed by atoms with Crippen molar-refractivity contribution in [2.45, 2.75) is 57.1 Å². The van der Waals surface area contributed by atoms with Crippen molar-refractivity contribution < 1.29 is 17.9 Å². The number of nitrogens with zero attached hydrogens (tertiary/aromatic N) is 2. The van der Waals surface area contributed by atoms with Gasteiger partial charge >= 0.3 is 0 Å². The summed E-state index contributed by atoms with van der Waals surface area (Å²) < 4.78 is 31.1. The van der Waals surface area contributed by atoms with Crippen molar-refractivity contribution >= 4 is 15.7 Å². The number of carbonyl (C=O) groups is 1. The van der Waals surface area contributed by atoms with E-state index in [4.69, 9.17) is 4.74 Å². The monoisotopic (exact) mass is 367 g/mol. The van der Waals surface area contributed by atoms with Gasteiger partial charge in [0, 0.05) is 24.4 Å². The van der Waals surface area contributed by atoms with Gasteiger partial charge in [-0.1, -0.05) is 0 Å². The van der Waals surface area contributed by atoms with E-state index >= 15 is 0 Å². The molecule has 7 nitrogen and oxygen atoms in total. The van der Waals surface area contributed by atoms with Gasteiger partial charge in [0.15, 0.2) is 15.5 Å². The molecule has 1 amide bonds. The summed E-state index contributed by atoms with van der Waals surface area (Å²) in [6.45, 7) is 1.28. The Morgan fingerprint density at radius 2 is 2.08 bits per heavy atom. The van der Waals surface area contributed by atoms with Crippen LogP contribution in [-0.2, 0) is 27.4 Å². The first-order valence-electron chi connectivity index (χ1n) is 9.24. The molecule has 2 fully saturated rings. The number of aromatic nitrogens is 2. The quantitative estimate of drug-likeness (QED) is 0.858. The predicted molar refractivity (Wildman–Crippen MR) is 92.5 cm³/mol. The molecule has 3 aliphatic rings. The van der Waals surface area contributed by atoms with Gasteiger partial charge in [0.25, 0.3) is 5.91 Å². The third-order valence-corrected chi connectivity index (χ3v) is 7.24. The second kappa shape index (κ2) is 6.72. The zero-order valence-electron chi connectivity index (χ0n) is 14.4. The van der Waals surface area contributed by atoms with Gasteiger partial charge in [-0.15, -0.1) is 0 Å². The normalized spacial score (nSPS) is 28.0. The summed E-state index contributed by atoms with van der Waals surface area (Å²) in [7, 11) is -2.98. The number of hydrogen-bond donors (Lipinski definition) is 1. The van der Waals surface area contributed by atoms with E-state index in [-0.39, 0.29) is 29.6 Å². The predicted octanol–water partition coefficient (Wildman–Crippen LogP) is 1.03. The Labute approximate surface area is 148 Å². The molecule has 1 aliphatic carbocycles. The number of carbonyl (C=O) groups excluding carboxylic acids is 1. The molecule has 2 atom stereocenters. The fourth-order valence-electron chi connectivity index (χ4n) is 4.17. The lowest BCUT2D eigenvalue weighted by Crippen LogP contribution is -2.32. The smallest absolute Gasteiger partial charge is 0.272 e. The summed E-state index contributed by atoms with van der Waals surface area (Å²) in [5.41, 5.74) is 2.56. The minimum Gasteiger partial charge on any atom is -0.376 e. The van der Waals surface area contributed by atoms with Crippen molar-refractivity contribution in [2.75, 3.05) is 24.7 Å². The maximum Gasteiger partial charge on any atom is 0.272 e. The van der Waals surface area contributed by atoms with Crippen LogP contribution < -0.4 is 5.32 Å². The van der Waals surface area contributed by atoms with Gasteiger partial charge in [0.1, 0.15) is 0 Å². The first-order chi connectivity index (χ1) is 12.0. The molecule has 1 N–H and O–H groups in total. The van der Waals surface area contributed by atoms with Crippen molar-refractivity contribution in [1.82, 2.24) is 15.1 Å². The molecule has 1 aromatic heterocycles. The van der Waals surface area contributed by atoms with Gasteiger partial charge in [-0.05, 0) is 44.9 Å². The molecule has 0 radical (unpaired) electrons. The Balaban J connectivity index is 1.56. The Kier molecular flexibility index (Phi) is 4.58. The third kappa shape index (κ3) is 3.46. The van der Waals surface area contributed by atoms with E-state index < -0.39 is 9.84 Å². The lowest BCUT2D eigenvalue weighted by molar-refractivity contribution is 0.0852. The lowest BCUT2D eigenvalue weighted by atomic mass is 9.95. The van der Waals surface area contributed by atoms with Crippen LogP contribution in [0.4, 0.5) is 0 Å². The average molecular weight is 367 g/mol. The molecule has 0 unspecified atom stereocenters. The van der Waals surface area contributed by atoms with Crippen LogP contribution in [0.2, 0.25) is 0 Å². The van der Waals surface area contributed by atoms with Crippen LogP contribution in [0.5, 0.6) is 0 Å². The molecule has 2 aliphatic heterocycles. The van der Waals surface area contributed by atoms with Crippen molar-refractivity contribution in [2.24, 2.45) is 0 Å². The summed E-state index contributed by atoms with van der Waals surface area (Å²) in [6, 6.07) is -0.128. The van der Waals surface area contributed by atoms with E-state index in [1.165, 1.54) is 0 Å². The fraction of sp³-hybridized carbons (Fsp3) is 0.765. The standard InChI is InChI=1S/C17H25N3O4S/c21-17(18-10-13-4-3-8-24-13)16-14-5-1-2-6-15(14)20(19-16)12-7-9-25(22,23)11-12/h12-13H,1-11H2,(H,18,21)/t12-,13+/m1/s1. The Morgan fingerprint density at radius 3 is 2.80 bits per heavy atom. The third-order valence-electron chi connectivity index (χ3n) is 5.49. The summed E-state index contributed by atoms with van der Waals surface area (Å²) in [5, 5.41) is 7.54. The van der Waals surface area contributed by atoms with Crippen LogP contribution in [0.15, 0.2) is 0 Å². The van der Waals surface area contributed by atoms with Crippen LogP contribution in [0, 0.1) is 0 Å². The molecule has 0 bridgehead atoms. The molecule has 138 valence electrons. The first kappa shape index (κ1) is 17.0. The average Bonchev–Trinajstić information content (AvgIpc) is 3.30. The van der Waals surface area contributed by atoms with E-state index in [0.29, 0.717) is 18.7 Å². The molecule has 3 heterocycles. The van der Waals surface area contributed by atoms with Gasteiger partial charge in [-0.25, -0.2) is 8.42 Å². The first-order valence-corrected chi connectivity index (χ1v) is 11.1. The van der Waals surface area contributed by atoms with E-state index in [1.807, 2.05) is 4.68 Å². The number of hydrogen-bond acceptors (Lipinski definition) is 5. The van der Waals surface area contributed by atoms with Crippen molar-refractivity contribution in [3.63, 3.8) is 0 Å². The highest BCUT2D eigenvalue weighted by atomic mass is 32.2. The highest BCUT2D eigenvalue weighted by molar-refractivity contribution is 7.91. The van der Waals surface area contributed by atoms with Crippen LogP contribution >= 0.6 is 0 Å². The van der Waals surface area contributed by atoms with Gasteiger partial charge in [-0.2, -0.15) is 5.10 Å². The summed E-state index contributed by atoms with van der Waals surface area (Å²) in [5.74, 6) is 0.193. The van der Waals surface area contributed by atoms with Gasteiger partial charge in [-0.3, -0.25) is 9.48 Å². The molecule has 2 saturated heterocycles. The van der Waals surface area contributed by atoms with Crippen LogP contribution in [0.3, 0.4) is 0 Å². The van der Waals surface area contributed by atoms with Crippen molar-refractivity contribution in [3.8, 4) is 0 Å². The maximum absolute atomic E-state index is 12.7. The van der Waals surface area contributed by atoms with Crippen molar-refractivity contribution in [3.05, 3.63) is 17.0 Å². The molecular formula is C17H25N3O4S. The summed E-state index contributed by atoms with van der Waals surface area (Å²) in [4.78, 5) is 12.7. The highest BCUT2D eigenvalue weighted by Crippen LogP contribution is 2.31. The van der Waals surface area contributed by atoms with Crippen LogP contribution in [-0.4, -0.2) is 54.9 Å². The van der Waals surface area contributed by atoms with E-state index in [0.717, 1.165) is 56.4 Å². The van der Waals surface area contributed by atoms with E-state index in [2.05, 4.69) is 10.4 Å². The van der Waals surface area contributed by atoms with Gasteiger partial charge < -0.3 is 10.1 Å². The second-order valence-electron chi connectivity index (χ2n) is 7.33. The number of amides is 1. The zero-order chi connectivity index (χ0) is 17.4. The fourth-order valence-corrected chi connectivity index (χ4v) is 5.87. The molecule has 0 saturated carbocycles. The van der Waals surface area contributed by atoms with E-state index in [1.54, 1.807) is 0 Å². The maximum atomic E-state index is 12.7. The van der Waals surface area contributed by atoms with Gasteiger partial charge in [0.2, 0.25) is 0 Å². The Hall–Kier alpha value is -1.41. The number of nitrogens with one attached hydrogen (secondary N) is 1. The number of rotatable bonds is 4. The summed E-state index contributed by atoms with van der Waals surface area (Å²) >= 11 is 0. The number of sulfone groups is 1. The van der Waals surface area contributed by atoms with Crippen molar-refractivity contribution in [1.29, 1.82) is 0 Å². The molecular weight excluding hydrogens is 342 g/mol. The van der Waals surface area contributed by atoms with E-state index in [9.17, 15) is 13.2 Å². The topological polar surface area (TPSA) is 90.3 Å². The Bertz CT molecular complexity index is 765. The Morgan fingerprint density at radius 1 is 1.24 bits per heavy atom. The minimum atomic E-state index is -2.98. The number of ether oxygens (including phenoxy) is 1. The molecule has 4 rings (SSSR count). The molecule has 0 spiro atoms. The molecule has 25 heavy (non-hydrogen) atoms. The molecule has 0 aromatic carbocycles. The molecule has 1 aromatic rings. The van der Waals surface area contributed by atoms with Gasteiger partial charge in [0.05, 0.1) is 23.7 Å².